The summed E-state index contributed by atoms with van der Waals surface area (Å²) >= 11 is 0. The van der Waals surface area contributed by atoms with Crippen molar-refractivity contribution in [3.05, 3.63) is 83.2 Å². The second-order valence-electron chi connectivity index (χ2n) is 8.49. The first-order valence-electron chi connectivity index (χ1n) is 9.90. The molecule has 2 aromatic carbocycles. The van der Waals surface area contributed by atoms with Crippen LogP contribution in [0, 0.1) is 13.8 Å². The van der Waals surface area contributed by atoms with E-state index in [9.17, 15) is 0 Å². The van der Waals surface area contributed by atoms with Crippen LogP contribution in [0.15, 0.2) is 60.8 Å². The predicted octanol–water partition coefficient (Wildman–Crippen LogP) is 5.65. The minimum Gasteiger partial charge on any atom is -0.260 e. The van der Waals surface area contributed by atoms with E-state index in [-0.39, 0.29) is 5.41 Å². The molecule has 0 bridgehead atoms. The summed E-state index contributed by atoms with van der Waals surface area (Å²) in [7, 11) is 2.18. The topological polar surface area (TPSA) is 16.8 Å². The maximum atomic E-state index is 4.77. The van der Waals surface area contributed by atoms with E-state index in [1.807, 2.05) is 12.3 Å². The molecule has 2 heteroatoms. The Hall–Kier alpha value is -3.00. The Kier molecular flexibility index (Phi) is 3.51. The molecule has 0 aliphatic heterocycles. The largest absolute Gasteiger partial charge is 0.260 e. The first-order valence-corrected chi connectivity index (χ1v) is 9.90. The van der Waals surface area contributed by atoms with E-state index < -0.39 is 0 Å². The zero-order chi connectivity index (χ0) is 19.6. The fourth-order valence-electron chi connectivity index (χ4n) is 4.98. The van der Waals surface area contributed by atoms with Crippen LogP contribution in [0.25, 0.3) is 33.3 Å². The summed E-state index contributed by atoms with van der Waals surface area (Å²) in [5.74, 6) is 0. The second-order valence-corrected chi connectivity index (χ2v) is 8.49. The van der Waals surface area contributed by atoms with E-state index >= 15 is 0 Å². The van der Waals surface area contributed by atoms with Crippen LogP contribution in [0.4, 0.5) is 0 Å². The molecule has 28 heavy (non-hydrogen) atoms. The standard InChI is InChI=1S/C26H25N2/c1-16-8-6-10-21-18(16)13-14-22(28(21)5)23-17(2)11-12-19-20-9-7-15-27-25(20)26(3,4)24(19)23/h6-15H,1-5H3/q+1. The lowest BCUT2D eigenvalue weighted by Crippen LogP contribution is -2.33. The molecule has 138 valence electrons. The quantitative estimate of drug-likeness (QED) is 0.398. The first-order chi connectivity index (χ1) is 13.4. The SMILES string of the molecule is Cc1ccc2c(c1-c1ccc3c(C)cccc3[n+]1C)C(C)(C)c1ncccc1-2. The average Bonchev–Trinajstić information content (AvgIpc) is 2.91. The molecule has 0 atom stereocenters. The number of pyridine rings is 2. The molecule has 2 heterocycles. The van der Waals surface area contributed by atoms with E-state index in [0.717, 1.165) is 0 Å². The molecule has 0 spiro atoms. The highest BCUT2D eigenvalue weighted by Gasteiger charge is 2.40. The Bertz CT molecular complexity index is 1270. The van der Waals surface area contributed by atoms with Crippen molar-refractivity contribution in [3.63, 3.8) is 0 Å². The van der Waals surface area contributed by atoms with Crippen molar-refractivity contribution in [3.8, 4) is 22.4 Å². The Labute approximate surface area is 166 Å². The number of hydrogen-bond acceptors (Lipinski definition) is 1. The lowest BCUT2D eigenvalue weighted by molar-refractivity contribution is -0.633. The molecule has 0 radical (unpaired) electrons. The van der Waals surface area contributed by atoms with Gasteiger partial charge in [-0.05, 0) is 48.2 Å². The average molecular weight is 366 g/mol. The van der Waals surface area contributed by atoms with Gasteiger partial charge in [0.2, 0.25) is 11.2 Å². The molecule has 2 nitrogen and oxygen atoms in total. The molecule has 2 aromatic heterocycles. The summed E-state index contributed by atoms with van der Waals surface area (Å²) in [4.78, 5) is 4.77. The monoisotopic (exact) mass is 365 g/mol. The number of hydrogen-bond donors (Lipinski definition) is 0. The number of fused-ring (bicyclic) bond motifs is 4. The van der Waals surface area contributed by atoms with E-state index in [4.69, 9.17) is 4.98 Å². The molecule has 1 aliphatic carbocycles. The molecule has 1 aliphatic rings. The second kappa shape index (κ2) is 5.75. The van der Waals surface area contributed by atoms with Gasteiger partial charge in [0.25, 0.3) is 0 Å². The smallest absolute Gasteiger partial charge is 0.213 e. The van der Waals surface area contributed by atoms with Gasteiger partial charge in [0, 0.05) is 34.7 Å². The van der Waals surface area contributed by atoms with Crippen molar-refractivity contribution in [2.24, 2.45) is 7.05 Å². The van der Waals surface area contributed by atoms with Gasteiger partial charge < -0.3 is 0 Å². The number of aromatic nitrogens is 2. The van der Waals surface area contributed by atoms with Crippen molar-refractivity contribution in [2.75, 3.05) is 0 Å². The maximum Gasteiger partial charge on any atom is 0.213 e. The zero-order valence-electron chi connectivity index (χ0n) is 17.2. The van der Waals surface area contributed by atoms with Crippen LogP contribution in [0.3, 0.4) is 0 Å². The molecule has 0 N–H and O–H groups in total. The normalized spacial score (nSPS) is 14.2. The summed E-state index contributed by atoms with van der Waals surface area (Å²) in [5.41, 5.74) is 11.5. The molecule has 0 saturated carbocycles. The van der Waals surface area contributed by atoms with Crippen molar-refractivity contribution in [2.45, 2.75) is 33.1 Å². The third-order valence-corrected chi connectivity index (χ3v) is 6.42. The molecule has 5 rings (SSSR count). The van der Waals surface area contributed by atoms with Crippen LogP contribution in [0.5, 0.6) is 0 Å². The van der Waals surface area contributed by atoms with E-state index in [0.29, 0.717) is 0 Å². The number of benzene rings is 2. The van der Waals surface area contributed by atoms with E-state index in [2.05, 4.69) is 87.8 Å². The molecule has 0 fully saturated rings. The maximum absolute atomic E-state index is 4.77. The highest BCUT2D eigenvalue weighted by molar-refractivity contribution is 5.88. The highest BCUT2D eigenvalue weighted by Crippen LogP contribution is 2.51. The van der Waals surface area contributed by atoms with Crippen molar-refractivity contribution >= 4 is 10.9 Å². The van der Waals surface area contributed by atoms with Crippen LogP contribution >= 0.6 is 0 Å². The lowest BCUT2D eigenvalue weighted by Gasteiger charge is -2.23. The van der Waals surface area contributed by atoms with Crippen molar-refractivity contribution in [1.29, 1.82) is 0 Å². The van der Waals surface area contributed by atoms with Gasteiger partial charge in [-0.25, -0.2) is 0 Å². The van der Waals surface area contributed by atoms with Gasteiger partial charge in [-0.3, -0.25) is 4.98 Å². The Morgan fingerprint density at radius 1 is 0.821 bits per heavy atom. The first kappa shape index (κ1) is 17.1. The molecule has 4 aromatic rings. The van der Waals surface area contributed by atoms with Gasteiger partial charge >= 0.3 is 0 Å². The third kappa shape index (κ3) is 2.15. The van der Waals surface area contributed by atoms with Gasteiger partial charge in [-0.1, -0.05) is 44.2 Å². The molecule has 0 unspecified atom stereocenters. The van der Waals surface area contributed by atoms with Gasteiger partial charge in [0.1, 0.15) is 7.05 Å². The molecular weight excluding hydrogens is 340 g/mol. The fraction of sp³-hybridized carbons (Fsp3) is 0.231. The highest BCUT2D eigenvalue weighted by atomic mass is 14.9. The minimum absolute atomic E-state index is 0.123. The number of rotatable bonds is 1. The Morgan fingerprint density at radius 3 is 2.46 bits per heavy atom. The van der Waals surface area contributed by atoms with Crippen LogP contribution in [-0.4, -0.2) is 4.98 Å². The van der Waals surface area contributed by atoms with E-state index in [1.54, 1.807) is 0 Å². The van der Waals surface area contributed by atoms with Crippen LogP contribution in [0.2, 0.25) is 0 Å². The van der Waals surface area contributed by atoms with Gasteiger partial charge in [0.15, 0.2) is 0 Å². The number of aryl methyl sites for hydroxylation is 3. The van der Waals surface area contributed by atoms with Crippen LogP contribution in [0.1, 0.15) is 36.2 Å². The van der Waals surface area contributed by atoms with E-state index in [1.165, 1.54) is 55.7 Å². The van der Waals surface area contributed by atoms with Gasteiger partial charge in [-0.15, -0.1) is 0 Å². The zero-order valence-corrected chi connectivity index (χ0v) is 17.2. The summed E-state index contributed by atoms with van der Waals surface area (Å²) in [6, 6.07) is 19.9. The summed E-state index contributed by atoms with van der Waals surface area (Å²) in [6.45, 7) is 9.01. The molecule has 0 amide bonds. The minimum atomic E-state index is -0.123. The lowest BCUT2D eigenvalue weighted by atomic mass is 9.80. The van der Waals surface area contributed by atoms with Gasteiger partial charge in [0.05, 0.1) is 11.3 Å². The summed E-state index contributed by atoms with van der Waals surface area (Å²) in [6.07, 6.45) is 1.91. The Balaban J connectivity index is 1.88. The Morgan fingerprint density at radius 2 is 1.64 bits per heavy atom. The molecular formula is C26H25N2+. The predicted molar refractivity (Wildman–Crippen MR) is 115 cm³/mol. The fourth-order valence-corrected chi connectivity index (χ4v) is 4.98. The van der Waals surface area contributed by atoms with Crippen molar-refractivity contribution in [1.82, 2.24) is 4.98 Å². The molecule has 0 saturated heterocycles. The third-order valence-electron chi connectivity index (χ3n) is 6.42. The van der Waals surface area contributed by atoms with Crippen LogP contribution in [-0.2, 0) is 12.5 Å². The van der Waals surface area contributed by atoms with Gasteiger partial charge in [-0.2, -0.15) is 4.57 Å². The van der Waals surface area contributed by atoms with Crippen LogP contribution < -0.4 is 4.57 Å². The number of nitrogens with zero attached hydrogens (tertiary/aromatic N) is 2. The van der Waals surface area contributed by atoms with Crippen molar-refractivity contribution < 1.29 is 4.57 Å². The summed E-state index contributed by atoms with van der Waals surface area (Å²) < 4.78 is 2.34. The summed E-state index contributed by atoms with van der Waals surface area (Å²) in [5, 5.41) is 1.31.